The first kappa shape index (κ1) is 36.7. The van der Waals surface area contributed by atoms with Gasteiger partial charge in [-0.3, -0.25) is 9.59 Å². The minimum absolute atomic E-state index is 0.0728. The van der Waals surface area contributed by atoms with E-state index >= 15 is 0 Å². The predicted molar refractivity (Wildman–Crippen MR) is 191 cm³/mol. The van der Waals surface area contributed by atoms with Crippen LogP contribution in [0.3, 0.4) is 0 Å². The van der Waals surface area contributed by atoms with Crippen molar-refractivity contribution in [3.8, 4) is 17.2 Å². The van der Waals surface area contributed by atoms with Crippen LogP contribution in [0.4, 0.5) is 0 Å². The fraction of sp³-hybridized carbons (Fsp3) is 0.463. The molecule has 1 aliphatic heterocycles. The van der Waals surface area contributed by atoms with Gasteiger partial charge in [0.05, 0.1) is 23.7 Å². The van der Waals surface area contributed by atoms with Gasteiger partial charge in [-0.25, -0.2) is 0 Å². The summed E-state index contributed by atoms with van der Waals surface area (Å²) in [7, 11) is 1.42. The zero-order chi connectivity index (χ0) is 36.0. The maximum atomic E-state index is 14.3. The molecule has 2 fully saturated rings. The van der Waals surface area contributed by atoms with Crippen molar-refractivity contribution in [2.75, 3.05) is 27.1 Å². The van der Waals surface area contributed by atoms with E-state index in [-0.39, 0.29) is 36.9 Å². The number of hydrogen-bond donors (Lipinski definition) is 1. The standard InChI is InChI=1S/C41H48O10/c1-5-7-18-47-30-21-28-20-29-22-31(39(45-4)37(44)38-26(3)50-41(51-38)16-12-13-17-41)35(42)36(43)34(29)40(48-19-8-6-2)33(28)32(23-30)49-25-46-24-27-14-10-9-11-15-27/h5-11,14-15,20-21,23,26,31,35,38-39,42H,12-13,16-19,22,24-25H2,1-4H3/b7-5+,8-6+/t26-,31-,35+,38+,39+/m1/s1. The topological polar surface area (TPSA) is 119 Å². The van der Waals surface area contributed by atoms with Crippen molar-refractivity contribution in [1.82, 2.24) is 0 Å². The number of carbonyl (C=O) groups excluding carboxylic acids is 2. The van der Waals surface area contributed by atoms with E-state index in [0.717, 1.165) is 31.2 Å². The molecule has 1 N–H and O–H groups in total. The van der Waals surface area contributed by atoms with Gasteiger partial charge < -0.3 is 38.3 Å². The number of ketones is 2. The first-order valence-electron chi connectivity index (χ1n) is 17.8. The Morgan fingerprint density at radius 3 is 2.43 bits per heavy atom. The molecular weight excluding hydrogens is 652 g/mol. The number of benzene rings is 3. The molecule has 1 heterocycles. The number of aliphatic hydroxyl groups is 1. The largest absolute Gasteiger partial charge is 0.489 e. The Morgan fingerprint density at radius 1 is 1.00 bits per heavy atom. The molecule has 3 aromatic carbocycles. The number of methoxy groups -OCH3 is 1. The molecule has 10 nitrogen and oxygen atoms in total. The molecule has 1 saturated heterocycles. The second-order valence-corrected chi connectivity index (χ2v) is 13.3. The maximum Gasteiger partial charge on any atom is 0.195 e. The van der Waals surface area contributed by atoms with E-state index in [1.807, 2.05) is 87.5 Å². The maximum absolute atomic E-state index is 14.3. The van der Waals surface area contributed by atoms with Crippen molar-refractivity contribution in [3.63, 3.8) is 0 Å². The number of carbonyl (C=O) groups is 2. The molecule has 6 rings (SSSR count). The van der Waals surface area contributed by atoms with Crippen LogP contribution in [-0.4, -0.2) is 74.0 Å². The number of Topliss-reactive ketones (excluding diaryl/α,β-unsaturated/α-hetero) is 2. The van der Waals surface area contributed by atoms with Crippen LogP contribution in [0.5, 0.6) is 17.2 Å². The Hall–Kier alpha value is -4.06. The van der Waals surface area contributed by atoms with Crippen LogP contribution in [0.2, 0.25) is 0 Å². The molecule has 0 unspecified atom stereocenters. The number of aliphatic hydroxyl groups excluding tert-OH is 1. The van der Waals surface area contributed by atoms with Gasteiger partial charge in [0.25, 0.3) is 0 Å². The average Bonchev–Trinajstić information content (AvgIpc) is 3.73. The third kappa shape index (κ3) is 7.90. The third-order valence-electron chi connectivity index (χ3n) is 9.88. The number of rotatable bonds is 15. The molecule has 51 heavy (non-hydrogen) atoms. The molecule has 3 aromatic rings. The highest BCUT2D eigenvalue weighted by atomic mass is 16.8. The summed E-state index contributed by atoms with van der Waals surface area (Å²) in [5, 5.41) is 12.9. The van der Waals surface area contributed by atoms with Crippen LogP contribution in [-0.2, 0) is 36.8 Å². The summed E-state index contributed by atoms with van der Waals surface area (Å²) >= 11 is 0. The summed E-state index contributed by atoms with van der Waals surface area (Å²) in [6.45, 7) is 6.42. The first-order chi connectivity index (χ1) is 24.8. The Kier molecular flexibility index (Phi) is 11.9. The molecule has 2 aliphatic carbocycles. The third-order valence-corrected chi connectivity index (χ3v) is 9.88. The van der Waals surface area contributed by atoms with Gasteiger partial charge in [-0.2, -0.15) is 0 Å². The van der Waals surface area contributed by atoms with Gasteiger partial charge in [0.2, 0.25) is 0 Å². The van der Waals surface area contributed by atoms with Gasteiger partial charge in [0, 0.05) is 31.9 Å². The molecular formula is C41H48O10. The lowest BCUT2D eigenvalue weighted by molar-refractivity contribution is -0.176. The fourth-order valence-corrected chi connectivity index (χ4v) is 7.42. The molecule has 1 spiro atoms. The van der Waals surface area contributed by atoms with Gasteiger partial charge >= 0.3 is 0 Å². The molecule has 5 atom stereocenters. The molecule has 0 radical (unpaired) electrons. The van der Waals surface area contributed by atoms with Gasteiger partial charge in [-0.05, 0) is 68.7 Å². The van der Waals surface area contributed by atoms with Crippen LogP contribution in [0.25, 0.3) is 10.8 Å². The molecule has 0 aromatic heterocycles. The number of hydrogen-bond acceptors (Lipinski definition) is 10. The Morgan fingerprint density at radius 2 is 1.73 bits per heavy atom. The SMILES string of the molecule is C/C=C/COc1cc(OCOCc2ccccc2)c2c(OC/C=C/C)c3c(cc2c1)C[C@@H]([C@H](OC)C(=O)[C@H]1OC2(CCCC2)O[C@@H]1C)[C@H](O)C3=O. The summed E-state index contributed by atoms with van der Waals surface area (Å²) < 4.78 is 42.7. The number of fused-ring (bicyclic) bond motifs is 2. The van der Waals surface area contributed by atoms with E-state index in [0.29, 0.717) is 41.0 Å². The van der Waals surface area contributed by atoms with Crippen molar-refractivity contribution in [1.29, 1.82) is 0 Å². The van der Waals surface area contributed by atoms with Gasteiger partial charge in [0.1, 0.15) is 48.8 Å². The summed E-state index contributed by atoms with van der Waals surface area (Å²) in [5.41, 5.74) is 1.86. The molecule has 0 bridgehead atoms. The van der Waals surface area contributed by atoms with E-state index in [1.165, 1.54) is 7.11 Å². The minimum Gasteiger partial charge on any atom is -0.489 e. The van der Waals surface area contributed by atoms with Crippen LogP contribution in [0.15, 0.2) is 72.8 Å². The summed E-state index contributed by atoms with van der Waals surface area (Å²) in [6, 6.07) is 15.3. The van der Waals surface area contributed by atoms with E-state index in [4.69, 9.17) is 33.2 Å². The van der Waals surface area contributed by atoms with Crippen molar-refractivity contribution < 1.29 is 47.9 Å². The van der Waals surface area contributed by atoms with E-state index in [1.54, 1.807) is 6.07 Å². The van der Waals surface area contributed by atoms with E-state index < -0.39 is 41.9 Å². The molecule has 1 saturated carbocycles. The van der Waals surface area contributed by atoms with Gasteiger partial charge in [-0.15, -0.1) is 0 Å². The second-order valence-electron chi connectivity index (χ2n) is 13.3. The average molecular weight is 701 g/mol. The van der Waals surface area contributed by atoms with Gasteiger partial charge in [-0.1, -0.05) is 54.6 Å². The zero-order valence-corrected chi connectivity index (χ0v) is 29.8. The highest BCUT2D eigenvalue weighted by Crippen LogP contribution is 2.46. The van der Waals surface area contributed by atoms with Crippen LogP contribution in [0.1, 0.15) is 67.9 Å². The first-order valence-corrected chi connectivity index (χ1v) is 17.8. The lowest BCUT2D eigenvalue weighted by Crippen LogP contribution is -2.50. The molecule has 272 valence electrons. The second kappa shape index (κ2) is 16.5. The van der Waals surface area contributed by atoms with E-state index in [9.17, 15) is 14.7 Å². The normalized spacial score (nSPS) is 23.4. The monoisotopic (exact) mass is 700 g/mol. The fourth-order valence-electron chi connectivity index (χ4n) is 7.42. The Balaban J connectivity index is 1.36. The minimum atomic E-state index is -1.53. The lowest BCUT2D eigenvalue weighted by atomic mass is 9.75. The van der Waals surface area contributed by atoms with Crippen LogP contribution < -0.4 is 14.2 Å². The lowest BCUT2D eigenvalue weighted by Gasteiger charge is -2.35. The van der Waals surface area contributed by atoms with E-state index in [2.05, 4.69) is 0 Å². The summed E-state index contributed by atoms with van der Waals surface area (Å²) in [4.78, 5) is 28.3. The smallest absolute Gasteiger partial charge is 0.195 e. The highest BCUT2D eigenvalue weighted by Gasteiger charge is 2.53. The quantitative estimate of drug-likeness (QED) is 0.105. The zero-order valence-electron chi connectivity index (χ0n) is 29.8. The van der Waals surface area contributed by atoms with Gasteiger partial charge in [0.15, 0.2) is 24.1 Å². The Labute approximate surface area is 299 Å². The predicted octanol–water partition coefficient (Wildman–Crippen LogP) is 6.68. The van der Waals surface area contributed by atoms with Crippen LogP contribution in [0, 0.1) is 5.92 Å². The van der Waals surface area contributed by atoms with Crippen LogP contribution >= 0.6 is 0 Å². The van der Waals surface area contributed by atoms with Crippen molar-refractivity contribution >= 4 is 22.3 Å². The molecule has 3 aliphatic rings. The summed E-state index contributed by atoms with van der Waals surface area (Å²) in [5.74, 6) is -1.29. The summed E-state index contributed by atoms with van der Waals surface area (Å²) in [6.07, 6.45) is 7.06. The number of allylic oxidation sites excluding steroid dienone is 2. The number of ether oxygens (including phenoxy) is 7. The van der Waals surface area contributed by atoms with Crippen molar-refractivity contribution in [2.45, 2.75) is 89.7 Å². The molecule has 10 heteroatoms. The molecule has 0 amide bonds. The van der Waals surface area contributed by atoms with Crippen molar-refractivity contribution in [3.05, 3.63) is 89.5 Å². The Bertz CT molecular complexity index is 1740. The van der Waals surface area contributed by atoms with Crippen molar-refractivity contribution in [2.24, 2.45) is 5.92 Å². The highest BCUT2D eigenvalue weighted by molar-refractivity contribution is 6.11.